The molecule has 148 valence electrons. The molecule has 5 nitrogen and oxygen atoms in total. The number of nitrogens with zero attached hydrogens (tertiary/aromatic N) is 3. The van der Waals surface area contributed by atoms with E-state index in [4.69, 9.17) is 0 Å². The Bertz CT molecular complexity index is 1220. The second kappa shape index (κ2) is 6.76. The zero-order valence-corrected chi connectivity index (χ0v) is 17.2. The zero-order chi connectivity index (χ0) is 20.1. The molecule has 5 heteroatoms. The smallest absolute Gasteiger partial charge is 0.270 e. The molecule has 0 unspecified atom stereocenters. The number of likely N-dealkylation sites (tertiary alicyclic amines) is 1. The Morgan fingerprint density at radius 2 is 1.83 bits per heavy atom. The number of aryl methyl sites for hydroxylation is 3. The van der Waals surface area contributed by atoms with Crippen LogP contribution in [-0.2, 0) is 0 Å². The number of carbonyl (C=O) groups is 1. The first-order chi connectivity index (χ1) is 14.0. The molecule has 1 aliphatic heterocycles. The summed E-state index contributed by atoms with van der Waals surface area (Å²) < 4.78 is 2.29. The number of benzene rings is 2. The lowest BCUT2D eigenvalue weighted by Gasteiger charge is -2.32. The molecule has 1 fully saturated rings. The van der Waals surface area contributed by atoms with Gasteiger partial charge in [0.15, 0.2) is 0 Å². The Balaban J connectivity index is 1.34. The fourth-order valence-electron chi connectivity index (χ4n) is 4.66. The highest BCUT2D eigenvalue weighted by atomic mass is 16.2. The molecule has 29 heavy (non-hydrogen) atoms. The maximum atomic E-state index is 13.1. The second-order valence-corrected chi connectivity index (χ2v) is 8.39. The molecule has 2 aromatic heterocycles. The Kier molecular flexibility index (Phi) is 4.19. The number of aromatic amines is 1. The molecule has 1 N–H and O–H groups in total. The van der Waals surface area contributed by atoms with Gasteiger partial charge in [-0.1, -0.05) is 12.1 Å². The lowest BCUT2D eigenvalue weighted by atomic mass is 10.0. The summed E-state index contributed by atoms with van der Waals surface area (Å²) in [5.74, 6) is 0.100. The number of aromatic nitrogens is 3. The first-order valence-corrected chi connectivity index (χ1v) is 10.3. The molecule has 0 atom stereocenters. The highest BCUT2D eigenvalue weighted by Gasteiger charge is 2.26. The first kappa shape index (κ1) is 18.0. The largest absolute Gasteiger partial charge is 0.351 e. The van der Waals surface area contributed by atoms with Crippen molar-refractivity contribution in [2.45, 2.75) is 39.7 Å². The average Bonchev–Trinajstić information content (AvgIpc) is 3.31. The van der Waals surface area contributed by atoms with Crippen LogP contribution in [0.1, 0.15) is 46.1 Å². The van der Waals surface area contributed by atoms with Crippen molar-refractivity contribution >= 4 is 27.8 Å². The fraction of sp³-hybridized carbons (Fsp3) is 0.333. The van der Waals surface area contributed by atoms with Gasteiger partial charge in [-0.25, -0.2) is 4.98 Å². The molecular weight excluding hydrogens is 360 g/mol. The van der Waals surface area contributed by atoms with E-state index >= 15 is 0 Å². The minimum Gasteiger partial charge on any atom is -0.351 e. The number of rotatable bonds is 2. The van der Waals surface area contributed by atoms with Gasteiger partial charge in [-0.05, 0) is 74.6 Å². The monoisotopic (exact) mass is 386 g/mol. The molecular formula is C24H26N4O. The molecule has 0 saturated carbocycles. The van der Waals surface area contributed by atoms with Crippen LogP contribution in [0.5, 0.6) is 0 Å². The van der Waals surface area contributed by atoms with Crippen molar-refractivity contribution < 1.29 is 4.79 Å². The molecule has 2 aromatic carbocycles. The van der Waals surface area contributed by atoms with Gasteiger partial charge in [-0.2, -0.15) is 0 Å². The number of nitrogens with one attached hydrogen (secondary N) is 1. The van der Waals surface area contributed by atoms with E-state index in [1.807, 2.05) is 17.3 Å². The van der Waals surface area contributed by atoms with E-state index in [2.05, 4.69) is 65.6 Å². The van der Waals surface area contributed by atoms with E-state index in [0.29, 0.717) is 11.7 Å². The summed E-state index contributed by atoms with van der Waals surface area (Å²) in [6, 6.07) is 13.0. The van der Waals surface area contributed by atoms with Crippen molar-refractivity contribution in [3.63, 3.8) is 0 Å². The summed E-state index contributed by atoms with van der Waals surface area (Å²) in [5, 5.41) is 1.13. The topological polar surface area (TPSA) is 53.9 Å². The van der Waals surface area contributed by atoms with E-state index in [-0.39, 0.29) is 5.91 Å². The predicted octanol–water partition coefficient (Wildman–Crippen LogP) is 4.92. The van der Waals surface area contributed by atoms with Crippen LogP contribution in [0.4, 0.5) is 0 Å². The molecule has 4 aromatic rings. The van der Waals surface area contributed by atoms with Crippen LogP contribution in [0.25, 0.3) is 21.9 Å². The summed E-state index contributed by atoms with van der Waals surface area (Å²) in [6.07, 6.45) is 3.85. The van der Waals surface area contributed by atoms with Gasteiger partial charge in [0.25, 0.3) is 5.91 Å². The highest BCUT2D eigenvalue weighted by Crippen LogP contribution is 2.28. The molecule has 1 saturated heterocycles. The SMILES string of the molecule is Cc1cc(C)c2cc(C(=O)N3CCC(n4cnc5ccc(C)cc54)CC3)[nH]c2c1. The van der Waals surface area contributed by atoms with Crippen molar-refractivity contribution in [3.05, 3.63) is 65.1 Å². The average molecular weight is 386 g/mol. The van der Waals surface area contributed by atoms with Gasteiger partial charge in [-0.15, -0.1) is 0 Å². The minimum atomic E-state index is 0.100. The van der Waals surface area contributed by atoms with Crippen LogP contribution >= 0.6 is 0 Å². The van der Waals surface area contributed by atoms with Crippen LogP contribution in [0.3, 0.4) is 0 Å². The number of fused-ring (bicyclic) bond motifs is 2. The highest BCUT2D eigenvalue weighted by molar-refractivity contribution is 5.99. The van der Waals surface area contributed by atoms with Gasteiger partial charge in [0, 0.05) is 30.0 Å². The maximum absolute atomic E-state index is 13.1. The quantitative estimate of drug-likeness (QED) is 0.532. The van der Waals surface area contributed by atoms with Crippen molar-refractivity contribution in [1.29, 1.82) is 0 Å². The van der Waals surface area contributed by atoms with Gasteiger partial charge in [0.05, 0.1) is 17.4 Å². The summed E-state index contributed by atoms with van der Waals surface area (Å²) >= 11 is 0. The van der Waals surface area contributed by atoms with Gasteiger partial charge in [0.2, 0.25) is 0 Å². The Hall–Kier alpha value is -3.08. The maximum Gasteiger partial charge on any atom is 0.270 e. The third-order valence-electron chi connectivity index (χ3n) is 6.20. The Labute approximate surface area is 170 Å². The first-order valence-electron chi connectivity index (χ1n) is 10.3. The number of carbonyl (C=O) groups excluding carboxylic acids is 1. The van der Waals surface area contributed by atoms with Crippen molar-refractivity contribution in [3.8, 4) is 0 Å². The third-order valence-corrected chi connectivity index (χ3v) is 6.20. The molecule has 1 amide bonds. The summed E-state index contributed by atoms with van der Waals surface area (Å²) in [6.45, 7) is 7.83. The van der Waals surface area contributed by atoms with Crippen LogP contribution in [0.15, 0.2) is 42.7 Å². The number of H-pyrrole nitrogens is 1. The number of hydrogen-bond donors (Lipinski definition) is 1. The van der Waals surface area contributed by atoms with E-state index in [1.54, 1.807) is 0 Å². The van der Waals surface area contributed by atoms with Crippen LogP contribution in [-0.4, -0.2) is 38.4 Å². The zero-order valence-electron chi connectivity index (χ0n) is 17.2. The summed E-state index contributed by atoms with van der Waals surface area (Å²) in [7, 11) is 0. The number of piperidine rings is 1. The number of amides is 1. The van der Waals surface area contributed by atoms with Gasteiger partial charge in [0.1, 0.15) is 5.69 Å². The van der Waals surface area contributed by atoms with Gasteiger partial charge >= 0.3 is 0 Å². The molecule has 5 rings (SSSR count). The summed E-state index contributed by atoms with van der Waals surface area (Å²) in [4.78, 5) is 23.0. The standard InChI is InChI=1S/C24H26N4O/c1-15-4-5-20-23(12-15)28(14-25-20)18-6-8-27(9-7-18)24(29)22-13-19-17(3)10-16(2)11-21(19)26-22/h4-5,10-14,18,26H,6-9H2,1-3H3. The van der Waals surface area contributed by atoms with Gasteiger partial charge < -0.3 is 14.5 Å². The van der Waals surface area contributed by atoms with E-state index < -0.39 is 0 Å². The van der Waals surface area contributed by atoms with Crippen LogP contribution in [0.2, 0.25) is 0 Å². The molecule has 1 aliphatic rings. The molecule has 0 spiro atoms. The van der Waals surface area contributed by atoms with E-state index in [9.17, 15) is 4.79 Å². The van der Waals surface area contributed by atoms with Crippen molar-refractivity contribution in [2.24, 2.45) is 0 Å². The number of imidazole rings is 1. The number of hydrogen-bond acceptors (Lipinski definition) is 2. The van der Waals surface area contributed by atoms with Crippen molar-refractivity contribution in [2.75, 3.05) is 13.1 Å². The lowest BCUT2D eigenvalue weighted by molar-refractivity contribution is 0.0691. The fourth-order valence-corrected chi connectivity index (χ4v) is 4.66. The van der Waals surface area contributed by atoms with Gasteiger partial charge in [-0.3, -0.25) is 4.79 Å². The lowest BCUT2D eigenvalue weighted by Crippen LogP contribution is -2.39. The molecule has 0 aliphatic carbocycles. The minimum absolute atomic E-state index is 0.100. The Morgan fingerprint density at radius 1 is 1.03 bits per heavy atom. The van der Waals surface area contributed by atoms with Crippen LogP contribution < -0.4 is 0 Å². The normalized spacial score (nSPS) is 15.5. The molecule has 3 heterocycles. The van der Waals surface area contributed by atoms with Crippen LogP contribution in [0, 0.1) is 20.8 Å². The molecule has 0 bridgehead atoms. The predicted molar refractivity (Wildman–Crippen MR) is 116 cm³/mol. The third kappa shape index (κ3) is 3.11. The van der Waals surface area contributed by atoms with E-state index in [0.717, 1.165) is 42.4 Å². The van der Waals surface area contributed by atoms with E-state index in [1.165, 1.54) is 22.2 Å². The summed E-state index contributed by atoms with van der Waals surface area (Å²) in [5.41, 5.74) is 7.62. The molecule has 0 radical (unpaired) electrons. The second-order valence-electron chi connectivity index (χ2n) is 8.39. The Morgan fingerprint density at radius 3 is 2.62 bits per heavy atom. The van der Waals surface area contributed by atoms with Crippen molar-refractivity contribution in [1.82, 2.24) is 19.4 Å².